The summed E-state index contributed by atoms with van der Waals surface area (Å²) in [6.07, 6.45) is 1.94. The largest absolute Gasteiger partial charge is 0.396 e. The molecule has 0 unspecified atom stereocenters. The maximum absolute atomic E-state index is 10.7. The fraction of sp³-hybridized carbons (Fsp3) is 0.583. The van der Waals surface area contributed by atoms with Crippen molar-refractivity contribution in [2.45, 2.75) is 33.2 Å². The van der Waals surface area contributed by atoms with Crippen molar-refractivity contribution in [1.82, 2.24) is 4.98 Å². The lowest BCUT2D eigenvalue weighted by atomic mass is 10.2. The predicted molar refractivity (Wildman–Crippen MR) is 69.8 cm³/mol. The molecular weight excluding hydrogens is 234 g/mol. The van der Waals surface area contributed by atoms with Crippen LogP contribution in [0.3, 0.4) is 0 Å². The molecule has 100 valence electrons. The quantitative estimate of drug-likeness (QED) is 0.618. The van der Waals surface area contributed by atoms with E-state index in [0.29, 0.717) is 24.3 Å². The fourth-order valence-corrected chi connectivity index (χ4v) is 1.76. The van der Waals surface area contributed by atoms with Crippen LogP contribution >= 0.6 is 0 Å². The maximum atomic E-state index is 10.7. The van der Waals surface area contributed by atoms with Crippen molar-refractivity contribution in [3.63, 3.8) is 0 Å². The van der Waals surface area contributed by atoms with Gasteiger partial charge in [0, 0.05) is 24.8 Å². The second-order valence-corrected chi connectivity index (χ2v) is 4.45. The molecule has 0 aromatic carbocycles. The first-order chi connectivity index (χ1) is 8.47. The summed E-state index contributed by atoms with van der Waals surface area (Å²) in [6.45, 7) is 6.55. The molecular formula is C12H19N3O3. The van der Waals surface area contributed by atoms with Crippen LogP contribution in [-0.2, 0) is 0 Å². The minimum atomic E-state index is -0.431. The number of rotatable bonds is 6. The summed E-state index contributed by atoms with van der Waals surface area (Å²) in [5.74, 6) is 0.710. The molecule has 1 aromatic heterocycles. The molecule has 0 aliphatic rings. The maximum Gasteiger partial charge on any atom is 0.290 e. The van der Waals surface area contributed by atoms with Crippen LogP contribution in [0.4, 0.5) is 11.5 Å². The van der Waals surface area contributed by atoms with E-state index >= 15 is 0 Å². The molecule has 0 saturated heterocycles. The lowest BCUT2D eigenvalue weighted by molar-refractivity contribution is -0.385. The lowest BCUT2D eigenvalue weighted by Crippen LogP contribution is -2.33. The summed E-state index contributed by atoms with van der Waals surface area (Å²) in [4.78, 5) is 16.5. The van der Waals surface area contributed by atoms with Crippen LogP contribution in [0.5, 0.6) is 0 Å². The molecule has 18 heavy (non-hydrogen) atoms. The molecule has 0 spiro atoms. The van der Waals surface area contributed by atoms with Crippen molar-refractivity contribution in [3.05, 3.63) is 27.9 Å². The summed E-state index contributed by atoms with van der Waals surface area (Å²) < 4.78 is 0. The average Bonchev–Trinajstić information content (AvgIpc) is 2.28. The molecule has 1 heterocycles. The van der Waals surface area contributed by atoms with Crippen molar-refractivity contribution in [2.75, 3.05) is 18.1 Å². The number of aromatic nitrogens is 1. The molecule has 0 saturated carbocycles. The van der Waals surface area contributed by atoms with E-state index in [1.807, 2.05) is 18.7 Å². The van der Waals surface area contributed by atoms with E-state index < -0.39 is 4.92 Å². The van der Waals surface area contributed by atoms with Crippen molar-refractivity contribution in [3.8, 4) is 0 Å². The van der Waals surface area contributed by atoms with Gasteiger partial charge in [-0.15, -0.1) is 0 Å². The zero-order valence-electron chi connectivity index (χ0n) is 11.0. The molecule has 1 aromatic rings. The summed E-state index contributed by atoms with van der Waals surface area (Å²) in [7, 11) is 0. The average molecular weight is 253 g/mol. The molecule has 0 amide bonds. The van der Waals surface area contributed by atoms with Gasteiger partial charge >= 0.3 is 0 Å². The topological polar surface area (TPSA) is 79.5 Å². The van der Waals surface area contributed by atoms with Gasteiger partial charge in [-0.1, -0.05) is 0 Å². The number of aliphatic hydroxyl groups is 1. The normalized spacial score (nSPS) is 10.7. The van der Waals surface area contributed by atoms with Gasteiger partial charge < -0.3 is 10.0 Å². The predicted octanol–water partition coefficient (Wildman–Crippen LogP) is 1.90. The Morgan fingerprint density at radius 2 is 2.22 bits per heavy atom. The van der Waals surface area contributed by atoms with Gasteiger partial charge in [0.05, 0.1) is 4.92 Å². The van der Waals surface area contributed by atoms with Crippen LogP contribution in [0.2, 0.25) is 0 Å². The molecule has 6 heteroatoms. The molecule has 6 nitrogen and oxygen atoms in total. The SMILES string of the molecule is Cc1cc(N(CCCO)C(C)C)ncc1[N+](=O)[O-]. The number of anilines is 1. The smallest absolute Gasteiger partial charge is 0.290 e. The van der Waals surface area contributed by atoms with Gasteiger partial charge in [0.2, 0.25) is 0 Å². The highest BCUT2D eigenvalue weighted by molar-refractivity contribution is 5.49. The van der Waals surface area contributed by atoms with Gasteiger partial charge in [0.15, 0.2) is 0 Å². The van der Waals surface area contributed by atoms with Crippen LogP contribution in [0.1, 0.15) is 25.8 Å². The van der Waals surface area contributed by atoms with E-state index in [-0.39, 0.29) is 18.3 Å². The highest BCUT2D eigenvalue weighted by Gasteiger charge is 2.16. The van der Waals surface area contributed by atoms with Gasteiger partial charge in [0.25, 0.3) is 5.69 Å². The first-order valence-electron chi connectivity index (χ1n) is 5.96. The second-order valence-electron chi connectivity index (χ2n) is 4.45. The molecule has 0 bridgehead atoms. The summed E-state index contributed by atoms with van der Waals surface area (Å²) in [5.41, 5.74) is 0.629. The third kappa shape index (κ3) is 3.40. The zero-order valence-corrected chi connectivity index (χ0v) is 11.0. The Balaban J connectivity index is 2.99. The Bertz CT molecular complexity index is 421. The number of hydrogen-bond acceptors (Lipinski definition) is 5. The van der Waals surface area contributed by atoms with Crippen LogP contribution in [0.15, 0.2) is 12.3 Å². The second kappa shape index (κ2) is 6.30. The van der Waals surface area contributed by atoms with E-state index in [1.54, 1.807) is 13.0 Å². The molecule has 1 rings (SSSR count). The number of aliphatic hydroxyl groups excluding tert-OH is 1. The Labute approximate surface area is 106 Å². The van der Waals surface area contributed by atoms with E-state index in [4.69, 9.17) is 5.11 Å². The van der Waals surface area contributed by atoms with Gasteiger partial charge in [-0.3, -0.25) is 10.1 Å². The standard InChI is InChI=1S/C12H19N3O3/c1-9(2)14(5-4-6-16)12-7-10(3)11(8-13-12)15(17)18/h7-9,16H,4-6H2,1-3H3. The summed E-state index contributed by atoms with van der Waals surface area (Å²) in [6, 6.07) is 1.94. The van der Waals surface area contributed by atoms with Crippen molar-refractivity contribution in [1.29, 1.82) is 0 Å². The van der Waals surface area contributed by atoms with Crippen LogP contribution in [-0.4, -0.2) is 34.2 Å². The van der Waals surface area contributed by atoms with Crippen molar-refractivity contribution >= 4 is 11.5 Å². The molecule has 0 fully saturated rings. The monoisotopic (exact) mass is 253 g/mol. The molecule has 0 atom stereocenters. The Morgan fingerprint density at radius 1 is 1.56 bits per heavy atom. The van der Waals surface area contributed by atoms with Gasteiger partial charge in [-0.2, -0.15) is 0 Å². The first-order valence-corrected chi connectivity index (χ1v) is 5.96. The number of hydrogen-bond donors (Lipinski definition) is 1. The summed E-state index contributed by atoms with van der Waals surface area (Å²) >= 11 is 0. The Kier molecular flexibility index (Phi) is 5.03. The molecule has 0 aliphatic heterocycles. The number of pyridine rings is 1. The first kappa shape index (κ1) is 14.4. The minimum absolute atomic E-state index is 0.0321. The minimum Gasteiger partial charge on any atom is -0.396 e. The van der Waals surface area contributed by atoms with Gasteiger partial charge in [-0.25, -0.2) is 4.98 Å². The van der Waals surface area contributed by atoms with Gasteiger partial charge in [-0.05, 0) is 33.3 Å². The van der Waals surface area contributed by atoms with Crippen LogP contribution in [0.25, 0.3) is 0 Å². The third-order valence-corrected chi connectivity index (χ3v) is 2.74. The Hall–Kier alpha value is -1.69. The zero-order chi connectivity index (χ0) is 13.7. The Morgan fingerprint density at radius 3 is 2.67 bits per heavy atom. The number of nitro groups is 1. The molecule has 1 N–H and O–H groups in total. The number of aryl methyl sites for hydroxylation is 1. The summed E-state index contributed by atoms with van der Waals surface area (Å²) in [5, 5.41) is 19.6. The van der Waals surface area contributed by atoms with E-state index in [0.717, 1.165) is 0 Å². The highest BCUT2D eigenvalue weighted by Crippen LogP contribution is 2.22. The van der Waals surface area contributed by atoms with Crippen molar-refractivity contribution in [2.24, 2.45) is 0 Å². The van der Waals surface area contributed by atoms with Crippen LogP contribution < -0.4 is 4.90 Å². The third-order valence-electron chi connectivity index (χ3n) is 2.74. The van der Waals surface area contributed by atoms with Crippen molar-refractivity contribution < 1.29 is 10.0 Å². The fourth-order valence-electron chi connectivity index (χ4n) is 1.76. The highest BCUT2D eigenvalue weighted by atomic mass is 16.6. The van der Waals surface area contributed by atoms with Crippen LogP contribution in [0, 0.1) is 17.0 Å². The van der Waals surface area contributed by atoms with E-state index in [9.17, 15) is 10.1 Å². The number of nitrogens with zero attached hydrogens (tertiary/aromatic N) is 3. The lowest BCUT2D eigenvalue weighted by Gasteiger charge is -2.27. The van der Waals surface area contributed by atoms with E-state index in [1.165, 1.54) is 6.20 Å². The van der Waals surface area contributed by atoms with Gasteiger partial charge in [0.1, 0.15) is 12.0 Å². The molecule has 0 aliphatic carbocycles. The molecule has 0 radical (unpaired) electrons. The van der Waals surface area contributed by atoms with E-state index in [2.05, 4.69) is 4.98 Å².